The lowest BCUT2D eigenvalue weighted by molar-refractivity contribution is 0.199. The van der Waals surface area contributed by atoms with Gasteiger partial charge in [0.15, 0.2) is 0 Å². The molecular formula is C16H17BrO3. The minimum atomic E-state index is -0.462. The summed E-state index contributed by atoms with van der Waals surface area (Å²) in [5.41, 5.74) is 1.89. The molecule has 2 aromatic carbocycles. The van der Waals surface area contributed by atoms with Gasteiger partial charge in [0, 0.05) is 10.0 Å². The van der Waals surface area contributed by atoms with Gasteiger partial charge in [0.05, 0.1) is 13.2 Å². The van der Waals surface area contributed by atoms with Crippen LogP contribution in [0.15, 0.2) is 46.9 Å². The third-order valence-corrected chi connectivity index (χ3v) is 3.78. The van der Waals surface area contributed by atoms with E-state index in [1.807, 2.05) is 42.5 Å². The van der Waals surface area contributed by atoms with E-state index < -0.39 is 6.10 Å². The third-order valence-electron chi connectivity index (χ3n) is 3.01. The Morgan fingerprint density at radius 3 is 2.35 bits per heavy atom. The van der Waals surface area contributed by atoms with Gasteiger partial charge in [-0.1, -0.05) is 28.1 Å². The number of halogens is 1. The van der Waals surface area contributed by atoms with Gasteiger partial charge in [-0.25, -0.2) is 0 Å². The predicted molar refractivity (Wildman–Crippen MR) is 82.1 cm³/mol. The maximum Gasteiger partial charge on any atom is 0.119 e. The normalized spacial score (nSPS) is 12.0. The standard InChI is InChI=1S/C16H17BrO3/c1-11(18)12-3-5-14(6-4-12)20-10-13-9-15(19-2)7-8-16(13)17/h3-9,11,18H,10H2,1-2H3/t11-/m0/s1. The summed E-state index contributed by atoms with van der Waals surface area (Å²) in [5, 5.41) is 9.46. The van der Waals surface area contributed by atoms with Gasteiger partial charge >= 0.3 is 0 Å². The molecule has 0 saturated heterocycles. The lowest BCUT2D eigenvalue weighted by atomic mass is 10.1. The van der Waals surface area contributed by atoms with Crippen molar-refractivity contribution in [2.45, 2.75) is 19.6 Å². The van der Waals surface area contributed by atoms with E-state index in [4.69, 9.17) is 9.47 Å². The third kappa shape index (κ3) is 3.74. The van der Waals surface area contributed by atoms with Crippen LogP contribution in [-0.4, -0.2) is 12.2 Å². The lowest BCUT2D eigenvalue weighted by Gasteiger charge is -2.10. The Hall–Kier alpha value is -1.52. The van der Waals surface area contributed by atoms with Crippen molar-refractivity contribution in [3.8, 4) is 11.5 Å². The minimum Gasteiger partial charge on any atom is -0.497 e. The fourth-order valence-electron chi connectivity index (χ4n) is 1.79. The highest BCUT2D eigenvalue weighted by Crippen LogP contribution is 2.24. The van der Waals surface area contributed by atoms with Crippen LogP contribution in [-0.2, 0) is 6.61 Å². The van der Waals surface area contributed by atoms with Crippen LogP contribution in [0.5, 0.6) is 11.5 Å². The summed E-state index contributed by atoms with van der Waals surface area (Å²) in [5.74, 6) is 1.57. The van der Waals surface area contributed by atoms with Crippen molar-refractivity contribution in [3.05, 3.63) is 58.1 Å². The van der Waals surface area contributed by atoms with Crippen LogP contribution in [0.2, 0.25) is 0 Å². The molecule has 0 heterocycles. The number of benzene rings is 2. The van der Waals surface area contributed by atoms with E-state index >= 15 is 0 Å². The average molecular weight is 337 g/mol. The summed E-state index contributed by atoms with van der Waals surface area (Å²) in [6.45, 7) is 2.19. The van der Waals surface area contributed by atoms with E-state index in [0.717, 1.165) is 27.1 Å². The van der Waals surface area contributed by atoms with E-state index in [9.17, 15) is 5.11 Å². The van der Waals surface area contributed by atoms with Gasteiger partial charge in [0.1, 0.15) is 18.1 Å². The molecule has 0 aromatic heterocycles. The number of aliphatic hydroxyl groups is 1. The SMILES string of the molecule is COc1ccc(Br)c(COc2ccc([C@H](C)O)cc2)c1. The van der Waals surface area contributed by atoms with Crippen LogP contribution in [0.1, 0.15) is 24.2 Å². The molecule has 0 fully saturated rings. The first-order chi connectivity index (χ1) is 9.60. The van der Waals surface area contributed by atoms with Gasteiger partial charge in [0.2, 0.25) is 0 Å². The molecule has 2 aromatic rings. The Labute approximate surface area is 127 Å². The quantitative estimate of drug-likeness (QED) is 0.893. The van der Waals surface area contributed by atoms with Crippen molar-refractivity contribution in [3.63, 3.8) is 0 Å². The topological polar surface area (TPSA) is 38.7 Å². The Morgan fingerprint density at radius 2 is 1.75 bits per heavy atom. The number of rotatable bonds is 5. The molecular weight excluding hydrogens is 320 g/mol. The second-order valence-corrected chi connectivity index (χ2v) is 5.35. The van der Waals surface area contributed by atoms with Crippen LogP contribution in [0.4, 0.5) is 0 Å². The second kappa shape index (κ2) is 6.77. The van der Waals surface area contributed by atoms with Crippen molar-refractivity contribution >= 4 is 15.9 Å². The van der Waals surface area contributed by atoms with E-state index in [1.54, 1.807) is 14.0 Å². The summed E-state index contributed by atoms with van der Waals surface area (Å²) in [6, 6.07) is 13.2. The Bertz CT molecular complexity index is 564. The molecule has 0 aliphatic carbocycles. The molecule has 0 unspecified atom stereocenters. The Kier molecular flexibility index (Phi) is 5.04. The van der Waals surface area contributed by atoms with Gasteiger partial charge in [-0.15, -0.1) is 0 Å². The van der Waals surface area contributed by atoms with Crippen molar-refractivity contribution in [1.29, 1.82) is 0 Å². The summed E-state index contributed by atoms with van der Waals surface area (Å²) in [6.07, 6.45) is -0.462. The monoisotopic (exact) mass is 336 g/mol. The largest absolute Gasteiger partial charge is 0.497 e. The molecule has 0 bridgehead atoms. The average Bonchev–Trinajstić information content (AvgIpc) is 2.47. The molecule has 0 radical (unpaired) electrons. The number of ether oxygens (including phenoxy) is 2. The fourth-order valence-corrected chi connectivity index (χ4v) is 2.15. The predicted octanol–water partition coefficient (Wildman–Crippen LogP) is 4.09. The van der Waals surface area contributed by atoms with E-state index in [1.165, 1.54) is 0 Å². The van der Waals surface area contributed by atoms with Crippen LogP contribution in [0.25, 0.3) is 0 Å². The molecule has 4 heteroatoms. The molecule has 20 heavy (non-hydrogen) atoms. The molecule has 0 amide bonds. The van der Waals surface area contributed by atoms with E-state index in [2.05, 4.69) is 15.9 Å². The Morgan fingerprint density at radius 1 is 1.10 bits per heavy atom. The second-order valence-electron chi connectivity index (χ2n) is 4.49. The highest BCUT2D eigenvalue weighted by molar-refractivity contribution is 9.10. The molecule has 1 N–H and O–H groups in total. The van der Waals surface area contributed by atoms with Gasteiger partial charge in [-0.3, -0.25) is 0 Å². The molecule has 0 aliphatic rings. The number of methoxy groups -OCH3 is 1. The van der Waals surface area contributed by atoms with Crippen molar-refractivity contribution in [2.75, 3.05) is 7.11 Å². The summed E-state index contributed by atoms with van der Waals surface area (Å²) >= 11 is 3.50. The zero-order valence-corrected chi connectivity index (χ0v) is 13.1. The zero-order valence-electron chi connectivity index (χ0n) is 11.5. The molecule has 2 rings (SSSR count). The number of hydrogen-bond acceptors (Lipinski definition) is 3. The first-order valence-corrected chi connectivity index (χ1v) is 7.12. The molecule has 0 spiro atoms. The highest BCUT2D eigenvalue weighted by atomic mass is 79.9. The van der Waals surface area contributed by atoms with Crippen molar-refractivity contribution in [1.82, 2.24) is 0 Å². The first-order valence-electron chi connectivity index (χ1n) is 6.33. The molecule has 0 saturated carbocycles. The molecule has 0 aliphatic heterocycles. The number of aliphatic hydroxyl groups excluding tert-OH is 1. The summed E-state index contributed by atoms with van der Waals surface area (Å²) in [7, 11) is 1.64. The minimum absolute atomic E-state index is 0.450. The van der Waals surface area contributed by atoms with Gasteiger partial charge < -0.3 is 14.6 Å². The highest BCUT2D eigenvalue weighted by Gasteiger charge is 2.04. The first kappa shape index (κ1) is 14.9. The van der Waals surface area contributed by atoms with Crippen LogP contribution in [0.3, 0.4) is 0 Å². The maximum atomic E-state index is 9.46. The smallest absolute Gasteiger partial charge is 0.119 e. The lowest BCUT2D eigenvalue weighted by Crippen LogP contribution is -1.98. The zero-order chi connectivity index (χ0) is 14.5. The summed E-state index contributed by atoms with van der Waals surface area (Å²) in [4.78, 5) is 0. The fraction of sp³-hybridized carbons (Fsp3) is 0.250. The molecule has 106 valence electrons. The Balaban J connectivity index is 2.04. The van der Waals surface area contributed by atoms with Crippen LogP contribution in [0, 0.1) is 0 Å². The van der Waals surface area contributed by atoms with E-state index in [0.29, 0.717) is 6.61 Å². The maximum absolute atomic E-state index is 9.46. The molecule has 3 nitrogen and oxygen atoms in total. The summed E-state index contributed by atoms with van der Waals surface area (Å²) < 4.78 is 11.9. The van der Waals surface area contributed by atoms with Gasteiger partial charge in [-0.2, -0.15) is 0 Å². The van der Waals surface area contributed by atoms with Crippen LogP contribution >= 0.6 is 15.9 Å². The van der Waals surface area contributed by atoms with Crippen LogP contribution < -0.4 is 9.47 Å². The van der Waals surface area contributed by atoms with Gasteiger partial charge in [-0.05, 0) is 42.8 Å². The molecule has 1 atom stereocenters. The number of hydrogen-bond donors (Lipinski definition) is 1. The van der Waals surface area contributed by atoms with Crippen molar-refractivity contribution in [2.24, 2.45) is 0 Å². The van der Waals surface area contributed by atoms with E-state index in [-0.39, 0.29) is 0 Å². The van der Waals surface area contributed by atoms with Gasteiger partial charge in [0.25, 0.3) is 0 Å². The van der Waals surface area contributed by atoms with Crippen molar-refractivity contribution < 1.29 is 14.6 Å².